The van der Waals surface area contributed by atoms with Gasteiger partial charge >= 0.3 is 0 Å². The van der Waals surface area contributed by atoms with E-state index in [-0.39, 0.29) is 11.7 Å². The zero-order valence-electron chi connectivity index (χ0n) is 11.6. The lowest BCUT2D eigenvalue weighted by molar-refractivity contribution is -0.124. The number of hydrogen-bond acceptors (Lipinski definition) is 4. The van der Waals surface area contributed by atoms with Crippen LogP contribution in [-0.2, 0) is 10.2 Å². The number of carbonyl (C=O) groups excluding carboxylic acids is 2. The molecular weight excluding hydrogens is 305 g/mol. The average Bonchev–Trinajstić information content (AvgIpc) is 2.88. The van der Waals surface area contributed by atoms with Gasteiger partial charge in [-0.3, -0.25) is 9.59 Å². The van der Waals surface area contributed by atoms with Crippen molar-refractivity contribution in [1.82, 2.24) is 4.98 Å². The maximum absolute atomic E-state index is 13.1. The molecule has 1 aromatic heterocycles. The SMILES string of the molecule is NC(=O)c1cnc(NC(=O)C2(c3ccc(F)cc3)CCC2)s1. The first kappa shape index (κ1) is 14.6. The quantitative estimate of drug-likeness (QED) is 0.907. The number of hydrogen-bond donors (Lipinski definition) is 2. The molecule has 22 heavy (non-hydrogen) atoms. The molecule has 1 saturated carbocycles. The predicted octanol–water partition coefficient (Wildman–Crippen LogP) is 2.44. The van der Waals surface area contributed by atoms with Crippen LogP contribution in [0.2, 0.25) is 0 Å². The second kappa shape index (κ2) is 5.49. The Labute approximate surface area is 130 Å². The molecule has 1 aliphatic carbocycles. The molecule has 5 nitrogen and oxygen atoms in total. The van der Waals surface area contributed by atoms with Gasteiger partial charge in [-0.05, 0) is 30.5 Å². The number of nitrogens with zero attached hydrogens (tertiary/aromatic N) is 1. The number of thiazole rings is 1. The minimum Gasteiger partial charge on any atom is -0.365 e. The van der Waals surface area contributed by atoms with E-state index in [0.29, 0.717) is 22.9 Å². The first-order valence-electron chi connectivity index (χ1n) is 6.84. The molecule has 3 N–H and O–H groups in total. The summed E-state index contributed by atoms with van der Waals surface area (Å²) in [5, 5.41) is 3.08. The third-order valence-corrected chi connectivity index (χ3v) is 4.93. The summed E-state index contributed by atoms with van der Waals surface area (Å²) in [7, 11) is 0. The van der Waals surface area contributed by atoms with Gasteiger partial charge in [-0.2, -0.15) is 0 Å². The lowest BCUT2D eigenvalue weighted by Gasteiger charge is -2.40. The molecule has 0 atom stereocenters. The monoisotopic (exact) mass is 319 g/mol. The zero-order chi connectivity index (χ0) is 15.7. The molecular formula is C15H14FN3O2S. The highest BCUT2D eigenvalue weighted by Gasteiger charge is 2.45. The molecule has 0 bridgehead atoms. The Bertz CT molecular complexity index is 723. The summed E-state index contributed by atoms with van der Waals surface area (Å²) < 4.78 is 13.1. The second-order valence-electron chi connectivity index (χ2n) is 5.29. The van der Waals surface area contributed by atoms with Crippen LogP contribution in [0, 0.1) is 5.82 Å². The van der Waals surface area contributed by atoms with Gasteiger partial charge in [0.15, 0.2) is 5.13 Å². The third kappa shape index (κ3) is 2.48. The molecule has 0 aliphatic heterocycles. The molecule has 3 rings (SSSR count). The molecule has 0 saturated heterocycles. The maximum atomic E-state index is 13.1. The number of rotatable bonds is 4. The van der Waals surface area contributed by atoms with E-state index < -0.39 is 11.3 Å². The summed E-state index contributed by atoms with van der Waals surface area (Å²) in [5.74, 6) is -1.09. The van der Waals surface area contributed by atoms with Gasteiger partial charge in [-0.15, -0.1) is 0 Å². The molecule has 0 unspecified atom stereocenters. The fraction of sp³-hybridized carbons (Fsp3) is 0.267. The van der Waals surface area contributed by atoms with Crippen LogP contribution in [0.1, 0.15) is 34.5 Å². The van der Waals surface area contributed by atoms with E-state index in [9.17, 15) is 14.0 Å². The first-order chi connectivity index (χ1) is 10.5. The Balaban J connectivity index is 1.82. The maximum Gasteiger partial charge on any atom is 0.260 e. The minimum atomic E-state index is -0.647. The Morgan fingerprint density at radius 2 is 1.95 bits per heavy atom. The minimum absolute atomic E-state index is 0.185. The van der Waals surface area contributed by atoms with E-state index in [1.54, 1.807) is 12.1 Å². The van der Waals surface area contributed by atoms with Crippen molar-refractivity contribution in [3.8, 4) is 0 Å². The molecule has 1 heterocycles. The van der Waals surface area contributed by atoms with Gasteiger partial charge in [-0.25, -0.2) is 9.37 Å². The number of nitrogens with two attached hydrogens (primary N) is 1. The van der Waals surface area contributed by atoms with Gasteiger partial charge in [0.05, 0.1) is 11.6 Å². The lowest BCUT2D eigenvalue weighted by atomic mass is 9.64. The summed E-state index contributed by atoms with van der Waals surface area (Å²) in [6.45, 7) is 0. The van der Waals surface area contributed by atoms with E-state index in [0.717, 1.165) is 23.3 Å². The van der Waals surface area contributed by atoms with Gasteiger partial charge in [0, 0.05) is 0 Å². The van der Waals surface area contributed by atoms with Crippen molar-refractivity contribution in [3.63, 3.8) is 0 Å². The Kier molecular flexibility index (Phi) is 3.66. The number of halogens is 1. The van der Waals surface area contributed by atoms with Crippen molar-refractivity contribution in [1.29, 1.82) is 0 Å². The number of aromatic nitrogens is 1. The van der Waals surface area contributed by atoms with Gasteiger partial charge in [-0.1, -0.05) is 29.9 Å². The van der Waals surface area contributed by atoms with E-state index in [2.05, 4.69) is 10.3 Å². The van der Waals surface area contributed by atoms with Crippen LogP contribution in [0.5, 0.6) is 0 Å². The third-order valence-electron chi connectivity index (χ3n) is 4.01. The van der Waals surface area contributed by atoms with Crippen molar-refractivity contribution in [2.45, 2.75) is 24.7 Å². The summed E-state index contributed by atoms with van der Waals surface area (Å²) >= 11 is 1.04. The fourth-order valence-electron chi connectivity index (χ4n) is 2.61. The van der Waals surface area contributed by atoms with Crippen molar-refractivity contribution < 1.29 is 14.0 Å². The molecule has 0 radical (unpaired) electrons. The Morgan fingerprint density at radius 3 is 2.45 bits per heavy atom. The molecule has 7 heteroatoms. The molecule has 2 amide bonds. The zero-order valence-corrected chi connectivity index (χ0v) is 12.5. The van der Waals surface area contributed by atoms with Crippen molar-refractivity contribution in [2.24, 2.45) is 5.73 Å². The van der Waals surface area contributed by atoms with Crippen LogP contribution in [0.15, 0.2) is 30.5 Å². The van der Waals surface area contributed by atoms with Crippen LogP contribution >= 0.6 is 11.3 Å². The van der Waals surface area contributed by atoms with Gasteiger partial charge in [0.2, 0.25) is 5.91 Å². The highest BCUT2D eigenvalue weighted by Crippen LogP contribution is 2.44. The average molecular weight is 319 g/mol. The number of carbonyl (C=O) groups is 2. The van der Waals surface area contributed by atoms with E-state index in [1.807, 2.05) is 0 Å². The fourth-order valence-corrected chi connectivity index (χ4v) is 3.27. The summed E-state index contributed by atoms with van der Waals surface area (Å²) in [5.41, 5.74) is 5.32. The number of primary amides is 1. The standard InChI is InChI=1S/C15H14FN3O2S/c16-10-4-2-9(3-5-10)15(6-1-7-15)13(21)19-14-18-8-11(22-14)12(17)20/h2-5,8H,1,6-7H2,(H2,17,20)(H,18,19,21). The number of benzene rings is 1. The van der Waals surface area contributed by atoms with Gasteiger partial charge < -0.3 is 11.1 Å². The molecule has 1 aromatic carbocycles. The largest absolute Gasteiger partial charge is 0.365 e. The molecule has 114 valence electrons. The van der Waals surface area contributed by atoms with Crippen molar-refractivity contribution in [3.05, 3.63) is 46.7 Å². The normalized spacial score (nSPS) is 15.9. The molecule has 1 aliphatic rings. The molecule has 1 fully saturated rings. The number of anilines is 1. The Morgan fingerprint density at radius 1 is 1.27 bits per heavy atom. The summed E-state index contributed by atoms with van der Waals surface area (Å²) in [6.07, 6.45) is 3.69. The van der Waals surface area contributed by atoms with Crippen molar-refractivity contribution >= 4 is 28.3 Å². The summed E-state index contributed by atoms with van der Waals surface area (Å²) in [6, 6.07) is 6.00. The first-order valence-corrected chi connectivity index (χ1v) is 7.66. The Hall–Kier alpha value is -2.28. The number of nitrogens with one attached hydrogen (secondary N) is 1. The predicted molar refractivity (Wildman–Crippen MR) is 81.2 cm³/mol. The highest BCUT2D eigenvalue weighted by molar-refractivity contribution is 7.17. The van der Waals surface area contributed by atoms with Crippen LogP contribution < -0.4 is 11.1 Å². The van der Waals surface area contributed by atoms with Crippen molar-refractivity contribution in [2.75, 3.05) is 5.32 Å². The highest BCUT2D eigenvalue weighted by atomic mass is 32.1. The molecule has 2 aromatic rings. The van der Waals surface area contributed by atoms with E-state index in [4.69, 9.17) is 5.73 Å². The van der Waals surface area contributed by atoms with Gasteiger partial charge in [0.25, 0.3) is 5.91 Å². The van der Waals surface area contributed by atoms with Crippen LogP contribution in [0.3, 0.4) is 0 Å². The summed E-state index contributed by atoms with van der Waals surface area (Å²) in [4.78, 5) is 28.0. The smallest absolute Gasteiger partial charge is 0.260 e. The van der Waals surface area contributed by atoms with Gasteiger partial charge in [0.1, 0.15) is 10.7 Å². The van der Waals surface area contributed by atoms with E-state index >= 15 is 0 Å². The van der Waals surface area contributed by atoms with Crippen LogP contribution in [0.25, 0.3) is 0 Å². The van der Waals surface area contributed by atoms with Crippen LogP contribution in [0.4, 0.5) is 9.52 Å². The van der Waals surface area contributed by atoms with Crippen LogP contribution in [-0.4, -0.2) is 16.8 Å². The second-order valence-corrected chi connectivity index (χ2v) is 6.32. The van der Waals surface area contributed by atoms with E-state index in [1.165, 1.54) is 18.3 Å². The number of amides is 2. The molecule has 0 spiro atoms. The lowest BCUT2D eigenvalue weighted by Crippen LogP contribution is -2.46. The topological polar surface area (TPSA) is 85.1 Å².